The molecule has 0 heterocycles. The van der Waals surface area contributed by atoms with Crippen molar-refractivity contribution in [3.63, 3.8) is 0 Å². The number of amides is 1. The molecule has 0 aliphatic carbocycles. The third kappa shape index (κ3) is 5.13. The Kier molecular flexibility index (Phi) is 6.59. The largest absolute Gasteiger partial charge is 0.497 e. The number of nitro groups is 1. The minimum Gasteiger partial charge on any atom is -0.497 e. The zero-order chi connectivity index (χ0) is 23.3. The van der Waals surface area contributed by atoms with Gasteiger partial charge < -0.3 is 14.8 Å². The molecule has 0 bridgehead atoms. The van der Waals surface area contributed by atoms with Crippen LogP contribution in [0.5, 0.6) is 11.5 Å². The zero-order valence-electron chi connectivity index (χ0n) is 17.1. The predicted octanol–water partition coefficient (Wildman–Crippen LogP) is 3.67. The van der Waals surface area contributed by atoms with Crippen LogP contribution in [-0.4, -0.2) is 33.5 Å². The molecule has 3 aromatic carbocycles. The first kappa shape index (κ1) is 22.6. The number of hydrogen-bond donors (Lipinski definition) is 2. The normalized spacial score (nSPS) is 10.8. The van der Waals surface area contributed by atoms with Crippen molar-refractivity contribution in [2.75, 3.05) is 24.3 Å². The van der Waals surface area contributed by atoms with Gasteiger partial charge in [-0.05, 0) is 48.5 Å². The first-order valence-electron chi connectivity index (χ1n) is 9.14. The lowest BCUT2D eigenvalue weighted by Gasteiger charge is -2.14. The van der Waals surface area contributed by atoms with E-state index in [1.165, 1.54) is 50.6 Å². The summed E-state index contributed by atoms with van der Waals surface area (Å²) in [6.07, 6.45) is 0. The van der Waals surface area contributed by atoms with E-state index in [1.807, 2.05) is 0 Å². The second-order valence-electron chi connectivity index (χ2n) is 6.46. The van der Waals surface area contributed by atoms with Crippen molar-refractivity contribution in [1.82, 2.24) is 0 Å². The SMILES string of the molecule is COc1ccc(NS(=O)(=O)c2ccc(OC)c(NC(=O)c3cccc([N+](=O)[O-])c3)c2)cc1. The standard InChI is InChI=1S/C21H19N3O7S/c1-30-17-8-6-15(7-9-17)23-32(28,29)18-10-11-20(31-2)19(13-18)22-21(25)14-4-3-5-16(12-14)24(26)27/h3-13,23H,1-2H3,(H,22,25). The van der Waals surface area contributed by atoms with E-state index in [1.54, 1.807) is 24.3 Å². The quantitative estimate of drug-likeness (QED) is 0.389. The maximum Gasteiger partial charge on any atom is 0.270 e. The number of methoxy groups -OCH3 is 2. The van der Waals surface area contributed by atoms with Crippen LogP contribution in [0.3, 0.4) is 0 Å². The maximum atomic E-state index is 12.8. The first-order chi connectivity index (χ1) is 15.2. The van der Waals surface area contributed by atoms with Crippen LogP contribution in [0.2, 0.25) is 0 Å². The molecule has 0 aliphatic heterocycles. The molecule has 32 heavy (non-hydrogen) atoms. The summed E-state index contributed by atoms with van der Waals surface area (Å²) in [6.45, 7) is 0. The maximum absolute atomic E-state index is 12.8. The molecular weight excluding hydrogens is 438 g/mol. The second kappa shape index (κ2) is 9.35. The predicted molar refractivity (Wildman–Crippen MR) is 118 cm³/mol. The number of nitro benzene ring substituents is 1. The van der Waals surface area contributed by atoms with Crippen LogP contribution in [0, 0.1) is 10.1 Å². The number of nitrogens with zero attached hydrogens (tertiary/aromatic N) is 1. The van der Waals surface area contributed by atoms with Crippen molar-refractivity contribution in [2.45, 2.75) is 4.90 Å². The molecule has 11 heteroatoms. The van der Waals surface area contributed by atoms with Gasteiger partial charge >= 0.3 is 0 Å². The summed E-state index contributed by atoms with van der Waals surface area (Å²) in [5.74, 6) is 0.125. The summed E-state index contributed by atoms with van der Waals surface area (Å²) in [5.41, 5.74) is 0.195. The summed E-state index contributed by atoms with van der Waals surface area (Å²) in [6, 6.07) is 15.4. The number of nitrogens with one attached hydrogen (secondary N) is 2. The van der Waals surface area contributed by atoms with Crippen LogP contribution in [-0.2, 0) is 10.0 Å². The van der Waals surface area contributed by atoms with Crippen molar-refractivity contribution in [2.24, 2.45) is 0 Å². The lowest BCUT2D eigenvalue weighted by Crippen LogP contribution is -2.16. The fourth-order valence-corrected chi connectivity index (χ4v) is 3.86. The van der Waals surface area contributed by atoms with Gasteiger partial charge in [0.15, 0.2) is 0 Å². The van der Waals surface area contributed by atoms with Gasteiger partial charge in [-0.2, -0.15) is 0 Å². The molecule has 1 amide bonds. The molecule has 0 aliphatic rings. The average Bonchev–Trinajstić information content (AvgIpc) is 2.79. The van der Waals surface area contributed by atoms with Crippen LogP contribution in [0.15, 0.2) is 71.6 Å². The van der Waals surface area contributed by atoms with Gasteiger partial charge in [0.2, 0.25) is 0 Å². The van der Waals surface area contributed by atoms with E-state index in [0.717, 1.165) is 6.07 Å². The van der Waals surface area contributed by atoms with Crippen LogP contribution in [0.4, 0.5) is 17.1 Å². The third-order valence-corrected chi connectivity index (χ3v) is 5.77. The van der Waals surface area contributed by atoms with E-state index >= 15 is 0 Å². The minimum absolute atomic E-state index is 0.0332. The molecule has 3 rings (SSSR count). The summed E-state index contributed by atoms with van der Waals surface area (Å²) in [7, 11) is -1.12. The van der Waals surface area contributed by atoms with Gasteiger partial charge in [0.25, 0.3) is 21.6 Å². The van der Waals surface area contributed by atoms with Crippen molar-refractivity contribution in [1.29, 1.82) is 0 Å². The Labute approximate surface area is 184 Å². The lowest BCUT2D eigenvalue weighted by molar-refractivity contribution is -0.384. The number of ether oxygens (including phenoxy) is 2. The van der Waals surface area contributed by atoms with E-state index in [4.69, 9.17) is 9.47 Å². The molecule has 0 spiro atoms. The minimum atomic E-state index is -3.99. The van der Waals surface area contributed by atoms with E-state index in [9.17, 15) is 23.3 Å². The van der Waals surface area contributed by atoms with E-state index in [-0.39, 0.29) is 27.6 Å². The van der Waals surface area contributed by atoms with Crippen LogP contribution < -0.4 is 19.5 Å². The fourth-order valence-electron chi connectivity index (χ4n) is 2.78. The Hall–Kier alpha value is -4.12. The van der Waals surface area contributed by atoms with E-state index in [2.05, 4.69) is 10.0 Å². The number of non-ortho nitro benzene ring substituents is 1. The van der Waals surface area contributed by atoms with Crippen molar-refractivity contribution in [3.05, 3.63) is 82.4 Å². The molecule has 0 unspecified atom stereocenters. The molecule has 0 radical (unpaired) electrons. The fraction of sp³-hybridized carbons (Fsp3) is 0.0952. The van der Waals surface area contributed by atoms with Gasteiger partial charge in [-0.15, -0.1) is 0 Å². The monoisotopic (exact) mass is 457 g/mol. The first-order valence-corrected chi connectivity index (χ1v) is 10.6. The van der Waals surface area contributed by atoms with Crippen molar-refractivity contribution >= 4 is 33.0 Å². The van der Waals surface area contributed by atoms with E-state index in [0.29, 0.717) is 11.4 Å². The lowest BCUT2D eigenvalue weighted by atomic mass is 10.2. The van der Waals surface area contributed by atoms with E-state index < -0.39 is 20.9 Å². The molecule has 166 valence electrons. The summed E-state index contributed by atoms with van der Waals surface area (Å²) in [5, 5.41) is 13.5. The molecular formula is C21H19N3O7S. The number of carbonyl (C=O) groups excluding carboxylic acids is 1. The highest BCUT2D eigenvalue weighted by Crippen LogP contribution is 2.29. The molecule has 0 atom stereocenters. The van der Waals surface area contributed by atoms with Gasteiger partial charge in [0.05, 0.1) is 29.7 Å². The summed E-state index contributed by atoms with van der Waals surface area (Å²) in [4.78, 5) is 22.8. The molecule has 0 saturated heterocycles. The van der Waals surface area contributed by atoms with Gasteiger partial charge in [-0.3, -0.25) is 19.6 Å². The Morgan fingerprint density at radius 3 is 2.31 bits per heavy atom. The number of hydrogen-bond acceptors (Lipinski definition) is 7. The molecule has 3 aromatic rings. The van der Waals surface area contributed by atoms with Crippen molar-refractivity contribution < 1.29 is 27.6 Å². The number of anilines is 2. The molecule has 2 N–H and O–H groups in total. The number of carbonyl (C=O) groups is 1. The highest BCUT2D eigenvalue weighted by atomic mass is 32.2. The van der Waals surface area contributed by atoms with Crippen LogP contribution in [0.25, 0.3) is 0 Å². The smallest absolute Gasteiger partial charge is 0.270 e. The second-order valence-corrected chi connectivity index (χ2v) is 8.14. The molecule has 10 nitrogen and oxygen atoms in total. The number of rotatable bonds is 8. The number of sulfonamides is 1. The summed E-state index contributed by atoms with van der Waals surface area (Å²) < 4.78 is 38.3. The molecule has 0 aromatic heterocycles. The Balaban J connectivity index is 1.88. The number of benzene rings is 3. The molecule has 0 saturated carbocycles. The Bertz CT molecular complexity index is 1260. The van der Waals surface area contributed by atoms with Gasteiger partial charge in [-0.1, -0.05) is 6.07 Å². The van der Waals surface area contributed by atoms with Gasteiger partial charge in [0, 0.05) is 23.4 Å². The topological polar surface area (TPSA) is 137 Å². The van der Waals surface area contributed by atoms with Crippen LogP contribution >= 0.6 is 0 Å². The Morgan fingerprint density at radius 2 is 1.69 bits per heavy atom. The van der Waals surface area contributed by atoms with Gasteiger partial charge in [0.1, 0.15) is 11.5 Å². The highest BCUT2D eigenvalue weighted by molar-refractivity contribution is 7.92. The highest BCUT2D eigenvalue weighted by Gasteiger charge is 2.19. The van der Waals surface area contributed by atoms with Crippen LogP contribution in [0.1, 0.15) is 10.4 Å². The van der Waals surface area contributed by atoms with Gasteiger partial charge in [-0.25, -0.2) is 8.42 Å². The van der Waals surface area contributed by atoms with Crippen molar-refractivity contribution in [3.8, 4) is 11.5 Å². The third-order valence-electron chi connectivity index (χ3n) is 4.39. The zero-order valence-corrected chi connectivity index (χ0v) is 17.9. The summed E-state index contributed by atoms with van der Waals surface area (Å²) >= 11 is 0. The molecule has 0 fully saturated rings. The average molecular weight is 457 g/mol. The Morgan fingerprint density at radius 1 is 0.969 bits per heavy atom.